The van der Waals surface area contributed by atoms with E-state index in [1.807, 2.05) is 0 Å². The first kappa shape index (κ1) is 16.7. The molecule has 130 valence electrons. The highest BCUT2D eigenvalue weighted by molar-refractivity contribution is 7.22. The Labute approximate surface area is 156 Å². The molecule has 26 heavy (non-hydrogen) atoms. The highest BCUT2D eigenvalue weighted by Crippen LogP contribution is 2.27. The molecular weight excluding hydrogens is 375 g/mol. The summed E-state index contributed by atoms with van der Waals surface area (Å²) in [5.74, 6) is -0.310. The molecule has 0 atom stereocenters. The van der Waals surface area contributed by atoms with Crippen LogP contribution in [-0.4, -0.2) is 14.5 Å². The number of para-hydroxylation sites is 1. The van der Waals surface area contributed by atoms with E-state index in [2.05, 4.69) is 15.3 Å². The number of fused-ring (bicyclic) bond motifs is 1. The maximum Gasteiger partial charge on any atom is 0.277 e. The third-order valence-corrected chi connectivity index (χ3v) is 5.12. The number of thiazole rings is 1. The Kier molecular flexibility index (Phi) is 4.18. The lowest BCUT2D eigenvalue weighted by Gasteiger charge is -2.06. The topological polar surface area (TPSA) is 59.8 Å². The van der Waals surface area contributed by atoms with Crippen molar-refractivity contribution >= 4 is 44.1 Å². The molecule has 0 aliphatic heterocycles. The zero-order valence-corrected chi connectivity index (χ0v) is 15.1. The van der Waals surface area contributed by atoms with Gasteiger partial charge in [0, 0.05) is 5.69 Å². The molecule has 8 heteroatoms. The van der Waals surface area contributed by atoms with Gasteiger partial charge in [-0.3, -0.25) is 9.36 Å². The van der Waals surface area contributed by atoms with Gasteiger partial charge in [0.25, 0.3) is 5.56 Å². The van der Waals surface area contributed by atoms with E-state index in [-0.39, 0.29) is 11.4 Å². The van der Waals surface area contributed by atoms with Gasteiger partial charge in [-0.15, -0.1) is 0 Å². The molecular formula is C18H12ClFN4OS. The van der Waals surface area contributed by atoms with E-state index < -0.39 is 0 Å². The first-order valence-corrected chi connectivity index (χ1v) is 8.88. The van der Waals surface area contributed by atoms with Gasteiger partial charge in [-0.25, -0.2) is 9.37 Å². The van der Waals surface area contributed by atoms with Crippen molar-refractivity contribution in [1.82, 2.24) is 14.5 Å². The lowest BCUT2D eigenvalue weighted by Crippen LogP contribution is -2.18. The number of rotatable bonds is 3. The second kappa shape index (κ2) is 6.51. The zero-order valence-electron chi connectivity index (χ0n) is 13.5. The number of benzene rings is 2. The quantitative estimate of drug-likeness (QED) is 0.555. The Morgan fingerprint density at radius 2 is 2.04 bits per heavy atom. The van der Waals surface area contributed by atoms with Crippen LogP contribution in [0.15, 0.2) is 53.6 Å². The fourth-order valence-corrected chi connectivity index (χ4v) is 3.58. The number of nitrogens with zero attached hydrogens (tertiary/aromatic N) is 3. The molecule has 4 rings (SSSR count). The van der Waals surface area contributed by atoms with Crippen LogP contribution in [0, 0.1) is 12.7 Å². The van der Waals surface area contributed by atoms with Gasteiger partial charge in [-0.05, 0) is 36.8 Å². The molecule has 0 unspecified atom stereocenters. The molecule has 5 nitrogen and oxygen atoms in total. The monoisotopic (exact) mass is 386 g/mol. The molecule has 0 aliphatic rings. The lowest BCUT2D eigenvalue weighted by atomic mass is 10.2. The molecule has 0 fully saturated rings. The van der Waals surface area contributed by atoms with Gasteiger partial charge in [-0.1, -0.05) is 41.1 Å². The van der Waals surface area contributed by atoms with Crippen molar-refractivity contribution in [3.63, 3.8) is 0 Å². The number of hydrogen-bond donors (Lipinski definition) is 1. The molecule has 0 spiro atoms. The van der Waals surface area contributed by atoms with E-state index in [1.54, 1.807) is 43.3 Å². The van der Waals surface area contributed by atoms with Crippen molar-refractivity contribution in [1.29, 1.82) is 0 Å². The van der Waals surface area contributed by atoms with Crippen LogP contribution < -0.4 is 10.9 Å². The Bertz CT molecular complexity index is 1190. The fourth-order valence-electron chi connectivity index (χ4n) is 2.48. The van der Waals surface area contributed by atoms with Crippen LogP contribution in [0.1, 0.15) is 5.56 Å². The van der Waals surface area contributed by atoms with Crippen LogP contribution in [0.5, 0.6) is 0 Å². The number of nitrogens with one attached hydrogen (secondary N) is 1. The third-order valence-electron chi connectivity index (χ3n) is 3.85. The number of anilines is 2. The molecule has 0 amide bonds. The van der Waals surface area contributed by atoms with Crippen LogP contribution in [0.25, 0.3) is 16.0 Å². The summed E-state index contributed by atoms with van der Waals surface area (Å²) in [5.41, 5.74) is 1.74. The van der Waals surface area contributed by atoms with Crippen molar-refractivity contribution in [2.24, 2.45) is 0 Å². The summed E-state index contributed by atoms with van der Waals surface area (Å²) in [6.45, 7) is 1.69. The molecule has 0 bridgehead atoms. The first-order valence-electron chi connectivity index (χ1n) is 7.69. The molecule has 0 radical (unpaired) electrons. The number of hydrogen-bond acceptors (Lipinski definition) is 5. The molecule has 0 saturated carbocycles. The minimum Gasteiger partial charge on any atom is -0.331 e. The van der Waals surface area contributed by atoms with Crippen molar-refractivity contribution < 1.29 is 4.39 Å². The predicted octanol–water partition coefficient (Wildman–Crippen LogP) is 4.69. The highest BCUT2D eigenvalue weighted by atomic mass is 35.5. The van der Waals surface area contributed by atoms with Gasteiger partial charge in [0.1, 0.15) is 16.8 Å². The van der Waals surface area contributed by atoms with Crippen molar-refractivity contribution in [2.75, 3.05) is 5.32 Å². The van der Waals surface area contributed by atoms with Gasteiger partial charge >= 0.3 is 0 Å². The Balaban J connectivity index is 1.76. The lowest BCUT2D eigenvalue weighted by molar-refractivity contribution is 0.619. The molecule has 2 aromatic heterocycles. The fraction of sp³-hybridized carbons (Fsp3) is 0.0556. The van der Waals surface area contributed by atoms with Gasteiger partial charge in [0.2, 0.25) is 0 Å². The molecule has 0 aliphatic carbocycles. The molecule has 2 aromatic carbocycles. The van der Waals surface area contributed by atoms with Gasteiger partial charge in [0.15, 0.2) is 10.8 Å². The van der Waals surface area contributed by atoms with Crippen molar-refractivity contribution in [3.8, 4) is 5.69 Å². The molecule has 1 N–H and O–H groups in total. The predicted molar refractivity (Wildman–Crippen MR) is 102 cm³/mol. The minimum absolute atomic E-state index is 0.260. The summed E-state index contributed by atoms with van der Waals surface area (Å²) in [6, 6.07) is 11.8. The molecule has 2 heterocycles. The maximum absolute atomic E-state index is 13.7. The number of halogens is 2. The summed E-state index contributed by atoms with van der Waals surface area (Å²) >= 11 is 7.33. The van der Waals surface area contributed by atoms with Crippen LogP contribution in [-0.2, 0) is 0 Å². The van der Waals surface area contributed by atoms with Gasteiger partial charge in [0.05, 0.1) is 10.7 Å². The smallest absolute Gasteiger partial charge is 0.277 e. The largest absolute Gasteiger partial charge is 0.331 e. The highest BCUT2D eigenvalue weighted by Gasteiger charge is 2.13. The number of aryl methyl sites for hydroxylation is 1. The summed E-state index contributed by atoms with van der Waals surface area (Å²) in [7, 11) is 0. The molecule has 0 saturated heterocycles. The average Bonchev–Trinajstić information content (AvgIpc) is 3.03. The summed E-state index contributed by atoms with van der Waals surface area (Å²) in [6.07, 6.45) is 1.40. The maximum atomic E-state index is 13.7. The van der Waals surface area contributed by atoms with Gasteiger partial charge < -0.3 is 5.32 Å². The van der Waals surface area contributed by atoms with E-state index in [9.17, 15) is 9.18 Å². The summed E-state index contributed by atoms with van der Waals surface area (Å²) in [4.78, 5) is 21.3. The third kappa shape index (κ3) is 2.95. The van der Waals surface area contributed by atoms with Gasteiger partial charge in [-0.2, -0.15) is 4.98 Å². The Morgan fingerprint density at radius 3 is 2.81 bits per heavy atom. The second-order valence-corrected chi connectivity index (χ2v) is 7.04. The first-order chi connectivity index (χ1) is 12.5. The van der Waals surface area contributed by atoms with Crippen LogP contribution in [0.2, 0.25) is 5.02 Å². The van der Waals surface area contributed by atoms with Crippen LogP contribution in [0.4, 0.5) is 15.2 Å². The summed E-state index contributed by atoms with van der Waals surface area (Å²) in [5, 5.41) is 3.93. The summed E-state index contributed by atoms with van der Waals surface area (Å²) < 4.78 is 15.5. The van der Waals surface area contributed by atoms with Crippen LogP contribution in [0.3, 0.4) is 0 Å². The zero-order chi connectivity index (χ0) is 18.3. The van der Waals surface area contributed by atoms with E-state index in [0.29, 0.717) is 37.4 Å². The van der Waals surface area contributed by atoms with E-state index >= 15 is 0 Å². The number of aromatic nitrogens is 3. The second-order valence-electron chi connectivity index (χ2n) is 5.63. The standard InChI is InChI=1S/C18H12ClFN4OS/c1-10-6-7-11(8-13(10)20)22-18-23-16-15(26-18)17(25)24(9-21-16)14-5-3-2-4-12(14)19/h2-9H,1H3,(H,22,23). The SMILES string of the molecule is Cc1ccc(Nc2nc3ncn(-c4ccccc4Cl)c(=O)c3s2)cc1F. The normalized spacial score (nSPS) is 11.0. The van der Waals surface area contributed by atoms with Crippen molar-refractivity contribution in [2.45, 2.75) is 6.92 Å². The van der Waals surface area contributed by atoms with Crippen LogP contribution >= 0.6 is 22.9 Å². The van der Waals surface area contributed by atoms with E-state index in [1.165, 1.54) is 17.0 Å². The molecule has 4 aromatic rings. The Morgan fingerprint density at radius 1 is 1.23 bits per heavy atom. The average molecular weight is 387 g/mol. The van der Waals surface area contributed by atoms with Crippen molar-refractivity contribution in [3.05, 3.63) is 75.5 Å². The van der Waals surface area contributed by atoms with E-state index in [0.717, 1.165) is 11.3 Å². The van der Waals surface area contributed by atoms with E-state index in [4.69, 9.17) is 11.6 Å². The minimum atomic E-state index is -0.310. The Hall–Kier alpha value is -2.77.